The van der Waals surface area contributed by atoms with Gasteiger partial charge in [0.15, 0.2) is 0 Å². The molecule has 1 aromatic heterocycles. The molecule has 0 aromatic carbocycles. The Morgan fingerprint density at radius 2 is 2.31 bits per heavy atom. The number of aromatic amines is 1. The summed E-state index contributed by atoms with van der Waals surface area (Å²) in [7, 11) is 0. The van der Waals surface area contributed by atoms with Crippen molar-refractivity contribution in [3.8, 4) is 0 Å². The Labute approximate surface area is 93.2 Å². The number of nitrogen functional groups attached to an aromatic ring is 1. The van der Waals surface area contributed by atoms with Crippen molar-refractivity contribution in [2.75, 3.05) is 12.3 Å². The minimum atomic E-state index is -0.683. The van der Waals surface area contributed by atoms with Crippen LogP contribution < -0.4 is 11.1 Å². The fraction of sp³-hybridized carbons (Fsp3) is 0.400. The van der Waals surface area contributed by atoms with Crippen molar-refractivity contribution in [1.29, 1.82) is 0 Å². The predicted molar refractivity (Wildman–Crippen MR) is 58.8 cm³/mol. The molecule has 0 bridgehead atoms. The van der Waals surface area contributed by atoms with E-state index in [9.17, 15) is 9.59 Å². The first kappa shape index (κ1) is 12.1. The second-order valence-corrected chi connectivity index (χ2v) is 3.29. The molecule has 0 saturated heterocycles. The average Bonchev–Trinajstić information content (AvgIpc) is 2.65. The van der Waals surface area contributed by atoms with E-state index in [0.717, 1.165) is 0 Å². The number of carbonyl (C=O) groups is 2. The highest BCUT2D eigenvalue weighted by Crippen LogP contribution is 2.04. The van der Waals surface area contributed by atoms with Gasteiger partial charge >= 0.3 is 5.97 Å². The molecule has 1 amide bonds. The molecule has 0 fully saturated rings. The third-order valence-electron chi connectivity index (χ3n) is 1.94. The number of carbonyl (C=O) groups excluding carboxylic acids is 2. The zero-order valence-corrected chi connectivity index (χ0v) is 9.24. The summed E-state index contributed by atoms with van der Waals surface area (Å²) in [5, 5.41) is 2.49. The van der Waals surface area contributed by atoms with Crippen molar-refractivity contribution < 1.29 is 14.3 Å². The Bertz CT molecular complexity index is 386. The number of nitrogens with one attached hydrogen (secondary N) is 2. The zero-order valence-electron chi connectivity index (χ0n) is 9.24. The zero-order chi connectivity index (χ0) is 12.1. The van der Waals surface area contributed by atoms with Gasteiger partial charge in [-0.2, -0.15) is 0 Å². The summed E-state index contributed by atoms with van der Waals surface area (Å²) >= 11 is 0. The van der Waals surface area contributed by atoms with Crippen LogP contribution in [-0.2, 0) is 9.53 Å². The van der Waals surface area contributed by atoms with E-state index in [4.69, 9.17) is 10.5 Å². The van der Waals surface area contributed by atoms with Crippen LogP contribution >= 0.6 is 0 Å². The summed E-state index contributed by atoms with van der Waals surface area (Å²) in [5.41, 5.74) is 6.23. The van der Waals surface area contributed by atoms with E-state index in [1.54, 1.807) is 13.8 Å². The van der Waals surface area contributed by atoms with Gasteiger partial charge in [0.1, 0.15) is 11.7 Å². The van der Waals surface area contributed by atoms with Crippen molar-refractivity contribution in [3.05, 3.63) is 18.0 Å². The van der Waals surface area contributed by atoms with Crippen LogP contribution in [0.5, 0.6) is 0 Å². The smallest absolute Gasteiger partial charge is 0.328 e. The normalized spacial score (nSPS) is 11.9. The van der Waals surface area contributed by atoms with Gasteiger partial charge < -0.3 is 20.8 Å². The van der Waals surface area contributed by atoms with E-state index in [1.807, 2.05) is 0 Å². The Morgan fingerprint density at radius 3 is 2.81 bits per heavy atom. The molecule has 0 aliphatic heterocycles. The number of anilines is 1. The third-order valence-corrected chi connectivity index (χ3v) is 1.94. The van der Waals surface area contributed by atoms with Crippen molar-refractivity contribution in [3.63, 3.8) is 0 Å². The highest BCUT2D eigenvalue weighted by atomic mass is 16.5. The van der Waals surface area contributed by atoms with Crippen LogP contribution in [-0.4, -0.2) is 29.5 Å². The average molecular weight is 225 g/mol. The van der Waals surface area contributed by atoms with E-state index in [-0.39, 0.29) is 6.61 Å². The van der Waals surface area contributed by atoms with Gasteiger partial charge in [0.25, 0.3) is 5.91 Å². The molecule has 0 saturated carbocycles. The standard InChI is InChI=1S/C10H15N3O3/c1-3-16-10(15)6(2)13-9(14)8-4-7(11)5-12-8/h4-6,12H,3,11H2,1-2H3,(H,13,14). The number of H-pyrrole nitrogens is 1. The molecule has 0 spiro atoms. The molecule has 1 atom stereocenters. The Kier molecular flexibility index (Phi) is 3.93. The molecular weight excluding hydrogens is 210 g/mol. The lowest BCUT2D eigenvalue weighted by Crippen LogP contribution is -2.39. The Morgan fingerprint density at radius 1 is 1.62 bits per heavy atom. The Hall–Kier alpha value is -1.98. The highest BCUT2D eigenvalue weighted by Gasteiger charge is 2.18. The van der Waals surface area contributed by atoms with Crippen molar-refractivity contribution in [1.82, 2.24) is 10.3 Å². The lowest BCUT2D eigenvalue weighted by atomic mass is 10.3. The maximum atomic E-state index is 11.6. The molecule has 6 heteroatoms. The van der Waals surface area contributed by atoms with Crippen LogP contribution in [0.4, 0.5) is 5.69 Å². The Balaban J connectivity index is 2.54. The molecule has 16 heavy (non-hydrogen) atoms. The molecule has 1 aromatic rings. The summed E-state index contributed by atoms with van der Waals surface area (Å²) < 4.78 is 4.76. The number of nitrogens with two attached hydrogens (primary N) is 1. The quantitative estimate of drug-likeness (QED) is 0.641. The molecule has 1 heterocycles. The van der Waals surface area contributed by atoms with Crippen LogP contribution in [0.15, 0.2) is 12.3 Å². The van der Waals surface area contributed by atoms with E-state index < -0.39 is 17.9 Å². The number of rotatable bonds is 4. The van der Waals surface area contributed by atoms with E-state index >= 15 is 0 Å². The van der Waals surface area contributed by atoms with Gasteiger partial charge in [-0.25, -0.2) is 4.79 Å². The lowest BCUT2D eigenvalue weighted by Gasteiger charge is -2.11. The third kappa shape index (κ3) is 3.01. The maximum Gasteiger partial charge on any atom is 0.328 e. The minimum absolute atomic E-state index is 0.286. The van der Waals surface area contributed by atoms with Gasteiger partial charge in [-0.3, -0.25) is 4.79 Å². The van der Waals surface area contributed by atoms with Crippen LogP contribution in [0.1, 0.15) is 24.3 Å². The van der Waals surface area contributed by atoms with Gasteiger partial charge in [0.05, 0.1) is 6.61 Å². The van der Waals surface area contributed by atoms with E-state index in [0.29, 0.717) is 11.4 Å². The first-order chi connectivity index (χ1) is 7.54. The number of aromatic nitrogens is 1. The van der Waals surface area contributed by atoms with Gasteiger partial charge in [-0.1, -0.05) is 0 Å². The topological polar surface area (TPSA) is 97.2 Å². The summed E-state index contributed by atoms with van der Waals surface area (Å²) in [6.45, 7) is 3.55. The SMILES string of the molecule is CCOC(=O)C(C)NC(=O)c1cc(N)c[nH]1. The van der Waals surface area contributed by atoms with Crippen molar-refractivity contribution in [2.24, 2.45) is 0 Å². The fourth-order valence-electron chi connectivity index (χ4n) is 1.14. The van der Waals surface area contributed by atoms with Gasteiger partial charge in [0, 0.05) is 11.9 Å². The molecule has 88 valence electrons. The van der Waals surface area contributed by atoms with Crippen molar-refractivity contribution >= 4 is 17.6 Å². The second kappa shape index (κ2) is 5.20. The molecule has 0 aliphatic rings. The van der Waals surface area contributed by atoms with Crippen LogP contribution in [0.25, 0.3) is 0 Å². The minimum Gasteiger partial charge on any atom is -0.464 e. The van der Waals surface area contributed by atoms with Crippen LogP contribution in [0.3, 0.4) is 0 Å². The molecule has 1 unspecified atom stereocenters. The van der Waals surface area contributed by atoms with Gasteiger partial charge in [-0.05, 0) is 19.9 Å². The molecule has 6 nitrogen and oxygen atoms in total. The maximum absolute atomic E-state index is 11.6. The van der Waals surface area contributed by atoms with Crippen molar-refractivity contribution in [2.45, 2.75) is 19.9 Å². The monoisotopic (exact) mass is 225 g/mol. The summed E-state index contributed by atoms with van der Waals surface area (Å²) in [6, 6.07) is 0.810. The number of hydrogen-bond acceptors (Lipinski definition) is 4. The highest BCUT2D eigenvalue weighted by molar-refractivity contribution is 5.95. The van der Waals surface area contributed by atoms with Crippen LogP contribution in [0.2, 0.25) is 0 Å². The molecule has 0 aliphatic carbocycles. The number of amides is 1. The number of ether oxygens (including phenoxy) is 1. The number of hydrogen-bond donors (Lipinski definition) is 3. The molecule has 1 rings (SSSR count). The van der Waals surface area contributed by atoms with E-state index in [1.165, 1.54) is 12.3 Å². The largest absolute Gasteiger partial charge is 0.464 e. The summed E-state index contributed by atoms with van der Waals surface area (Å²) in [6.07, 6.45) is 1.50. The van der Waals surface area contributed by atoms with E-state index in [2.05, 4.69) is 10.3 Å². The molecule has 4 N–H and O–H groups in total. The lowest BCUT2D eigenvalue weighted by molar-refractivity contribution is -0.144. The molecule has 0 radical (unpaired) electrons. The molecular formula is C10H15N3O3. The van der Waals surface area contributed by atoms with Gasteiger partial charge in [-0.15, -0.1) is 0 Å². The predicted octanol–water partition coefficient (Wildman–Crippen LogP) is 0.278. The first-order valence-electron chi connectivity index (χ1n) is 4.96. The second-order valence-electron chi connectivity index (χ2n) is 3.29. The van der Waals surface area contributed by atoms with Gasteiger partial charge in [0.2, 0.25) is 0 Å². The summed E-state index contributed by atoms with van der Waals surface area (Å²) in [5.74, 6) is -0.854. The van der Waals surface area contributed by atoms with Crippen LogP contribution in [0, 0.1) is 0 Å². The first-order valence-corrected chi connectivity index (χ1v) is 4.96. The number of esters is 1. The summed E-state index contributed by atoms with van der Waals surface area (Å²) in [4.78, 5) is 25.5. The fourth-order valence-corrected chi connectivity index (χ4v) is 1.14.